The third kappa shape index (κ3) is 3.98. The molecule has 21 heavy (non-hydrogen) atoms. The molecule has 1 amide bonds. The highest BCUT2D eigenvalue weighted by Gasteiger charge is 2.30. The third-order valence-corrected chi connectivity index (χ3v) is 4.31. The number of halogens is 1. The second-order valence-corrected chi connectivity index (χ2v) is 5.93. The average Bonchev–Trinajstić information content (AvgIpc) is 3.22. The summed E-state index contributed by atoms with van der Waals surface area (Å²) in [6, 6.07) is 1.84. The molecule has 1 N–H and O–H groups in total. The predicted molar refractivity (Wildman–Crippen MR) is 82.9 cm³/mol. The number of carbonyl (C=O) groups excluding carboxylic acids is 1. The van der Waals surface area contributed by atoms with Crippen molar-refractivity contribution in [2.45, 2.75) is 38.5 Å². The van der Waals surface area contributed by atoms with Crippen molar-refractivity contribution in [3.63, 3.8) is 0 Å². The normalized spacial score (nSPS) is 19.4. The van der Waals surface area contributed by atoms with E-state index in [4.69, 9.17) is 4.52 Å². The van der Waals surface area contributed by atoms with Gasteiger partial charge in [-0.25, -0.2) is 0 Å². The van der Waals surface area contributed by atoms with Crippen molar-refractivity contribution in [2.75, 3.05) is 26.2 Å². The summed E-state index contributed by atoms with van der Waals surface area (Å²) in [4.78, 5) is 14.3. The van der Waals surface area contributed by atoms with Crippen LogP contribution in [0.1, 0.15) is 54.8 Å². The lowest BCUT2D eigenvalue weighted by atomic mass is 9.96. The number of piperidine rings is 1. The minimum Gasteiger partial charge on any atom is -0.360 e. The predicted octanol–water partition coefficient (Wildman–Crippen LogP) is 2.44. The Hall–Kier alpha value is -1.07. The molecule has 1 saturated carbocycles. The molecule has 0 radical (unpaired) electrons. The number of carbonyl (C=O) groups is 1. The molecule has 2 heterocycles. The van der Waals surface area contributed by atoms with E-state index in [9.17, 15) is 4.79 Å². The number of hydrogen-bond acceptors (Lipinski definition) is 4. The molecule has 3 rings (SSSR count). The number of nitrogens with zero attached hydrogens (tertiary/aromatic N) is 2. The number of likely N-dealkylation sites (tertiary alicyclic amines) is 1. The van der Waals surface area contributed by atoms with Gasteiger partial charge in [-0.1, -0.05) is 12.1 Å². The molecule has 5 nitrogen and oxygen atoms in total. The first-order chi connectivity index (χ1) is 9.78. The maximum Gasteiger partial charge on any atom is 0.276 e. The van der Waals surface area contributed by atoms with Gasteiger partial charge in [-0.15, -0.1) is 12.4 Å². The summed E-state index contributed by atoms with van der Waals surface area (Å²) in [6.45, 7) is 5.87. The van der Waals surface area contributed by atoms with Crippen LogP contribution in [0.25, 0.3) is 0 Å². The molecule has 0 unspecified atom stereocenters. The van der Waals surface area contributed by atoms with Crippen LogP contribution in [0.5, 0.6) is 0 Å². The van der Waals surface area contributed by atoms with Crippen molar-refractivity contribution in [2.24, 2.45) is 5.92 Å². The van der Waals surface area contributed by atoms with E-state index >= 15 is 0 Å². The molecule has 0 aromatic carbocycles. The van der Waals surface area contributed by atoms with Crippen molar-refractivity contribution >= 4 is 18.3 Å². The highest BCUT2D eigenvalue weighted by atomic mass is 35.5. The fourth-order valence-electron chi connectivity index (χ4n) is 2.80. The van der Waals surface area contributed by atoms with Crippen molar-refractivity contribution in [1.82, 2.24) is 15.4 Å². The standard InChI is InChI=1S/C15H23N3O2.ClH/c1-2-16-10-11-5-7-18(8-6-11)15(19)13-9-14(20-17-13)12-3-4-12;/h9,11-12,16H,2-8,10H2,1H3;1H. The van der Waals surface area contributed by atoms with Crippen molar-refractivity contribution in [3.05, 3.63) is 17.5 Å². The lowest BCUT2D eigenvalue weighted by Gasteiger charge is -2.31. The zero-order chi connectivity index (χ0) is 13.9. The minimum atomic E-state index is 0. The summed E-state index contributed by atoms with van der Waals surface area (Å²) >= 11 is 0. The van der Waals surface area contributed by atoms with Crippen LogP contribution in [0.2, 0.25) is 0 Å². The summed E-state index contributed by atoms with van der Waals surface area (Å²) < 4.78 is 5.27. The smallest absolute Gasteiger partial charge is 0.276 e. The molecule has 1 aliphatic carbocycles. The Balaban J connectivity index is 0.00000161. The Morgan fingerprint density at radius 1 is 1.38 bits per heavy atom. The van der Waals surface area contributed by atoms with Gasteiger partial charge in [-0.05, 0) is 44.7 Å². The van der Waals surface area contributed by atoms with Crippen LogP contribution in [-0.4, -0.2) is 42.1 Å². The molecule has 0 bridgehead atoms. The van der Waals surface area contributed by atoms with Crippen LogP contribution >= 0.6 is 12.4 Å². The van der Waals surface area contributed by atoms with Crippen LogP contribution in [0.3, 0.4) is 0 Å². The topological polar surface area (TPSA) is 58.4 Å². The largest absolute Gasteiger partial charge is 0.360 e. The maximum atomic E-state index is 12.4. The molecule has 2 aliphatic rings. The van der Waals surface area contributed by atoms with E-state index in [2.05, 4.69) is 17.4 Å². The monoisotopic (exact) mass is 313 g/mol. The Bertz CT molecular complexity index is 465. The Labute approximate surface area is 131 Å². The van der Waals surface area contributed by atoms with E-state index in [-0.39, 0.29) is 18.3 Å². The quantitative estimate of drug-likeness (QED) is 0.907. The lowest BCUT2D eigenvalue weighted by Crippen LogP contribution is -2.40. The second kappa shape index (κ2) is 7.27. The first-order valence-corrected chi connectivity index (χ1v) is 7.74. The Kier molecular flexibility index (Phi) is 5.65. The van der Waals surface area contributed by atoms with Gasteiger partial charge in [0.25, 0.3) is 5.91 Å². The summed E-state index contributed by atoms with van der Waals surface area (Å²) in [7, 11) is 0. The number of nitrogens with one attached hydrogen (secondary N) is 1. The van der Waals surface area contributed by atoms with Gasteiger partial charge in [0.15, 0.2) is 5.69 Å². The molecule has 2 fully saturated rings. The van der Waals surface area contributed by atoms with Gasteiger partial charge in [-0.2, -0.15) is 0 Å². The molecule has 1 aromatic rings. The summed E-state index contributed by atoms with van der Waals surface area (Å²) in [6.07, 6.45) is 4.48. The fourth-order valence-corrected chi connectivity index (χ4v) is 2.80. The molecule has 1 saturated heterocycles. The number of hydrogen-bond donors (Lipinski definition) is 1. The summed E-state index contributed by atoms with van der Waals surface area (Å²) in [5.74, 6) is 2.12. The molecule has 1 aromatic heterocycles. The fraction of sp³-hybridized carbons (Fsp3) is 0.733. The lowest BCUT2D eigenvalue weighted by molar-refractivity contribution is 0.0680. The van der Waals surface area contributed by atoms with Gasteiger partial charge >= 0.3 is 0 Å². The van der Waals surface area contributed by atoms with E-state index in [0.29, 0.717) is 17.5 Å². The van der Waals surface area contributed by atoms with Crippen LogP contribution in [0.15, 0.2) is 10.6 Å². The highest BCUT2D eigenvalue weighted by Crippen LogP contribution is 2.40. The first kappa shape index (κ1) is 16.3. The second-order valence-electron chi connectivity index (χ2n) is 5.93. The molecule has 118 valence electrons. The van der Waals surface area contributed by atoms with E-state index in [0.717, 1.165) is 44.8 Å². The molecule has 6 heteroatoms. The molecule has 0 atom stereocenters. The summed E-state index contributed by atoms with van der Waals surface area (Å²) in [5, 5.41) is 7.33. The van der Waals surface area contributed by atoms with Gasteiger partial charge < -0.3 is 14.7 Å². The highest BCUT2D eigenvalue weighted by molar-refractivity contribution is 5.92. The Morgan fingerprint density at radius 3 is 2.71 bits per heavy atom. The van der Waals surface area contributed by atoms with Gasteiger partial charge in [-0.3, -0.25) is 4.79 Å². The maximum absolute atomic E-state index is 12.4. The van der Waals surface area contributed by atoms with Gasteiger partial charge in [0.1, 0.15) is 5.76 Å². The number of rotatable bonds is 5. The minimum absolute atomic E-state index is 0. The van der Waals surface area contributed by atoms with E-state index in [1.54, 1.807) is 0 Å². The van der Waals surface area contributed by atoms with Crippen molar-refractivity contribution in [1.29, 1.82) is 0 Å². The molecule has 1 aliphatic heterocycles. The van der Waals surface area contributed by atoms with E-state index in [1.165, 1.54) is 12.8 Å². The molecular weight excluding hydrogens is 290 g/mol. The van der Waals surface area contributed by atoms with Gasteiger partial charge in [0.05, 0.1) is 0 Å². The van der Waals surface area contributed by atoms with Crippen LogP contribution in [-0.2, 0) is 0 Å². The van der Waals surface area contributed by atoms with Crippen LogP contribution in [0, 0.1) is 5.92 Å². The first-order valence-electron chi connectivity index (χ1n) is 7.74. The third-order valence-electron chi connectivity index (χ3n) is 4.31. The van der Waals surface area contributed by atoms with E-state index < -0.39 is 0 Å². The SMILES string of the molecule is CCNCC1CCN(C(=O)c2cc(C3CC3)on2)CC1.Cl. The number of amides is 1. The number of aromatic nitrogens is 1. The average molecular weight is 314 g/mol. The van der Waals surface area contributed by atoms with Crippen molar-refractivity contribution < 1.29 is 9.32 Å². The van der Waals surface area contributed by atoms with Crippen LogP contribution < -0.4 is 5.32 Å². The van der Waals surface area contributed by atoms with Crippen molar-refractivity contribution in [3.8, 4) is 0 Å². The van der Waals surface area contributed by atoms with Crippen LogP contribution in [0.4, 0.5) is 0 Å². The van der Waals surface area contributed by atoms with Gasteiger partial charge in [0, 0.05) is 25.1 Å². The van der Waals surface area contributed by atoms with Gasteiger partial charge in [0.2, 0.25) is 0 Å². The Morgan fingerprint density at radius 2 is 2.10 bits per heavy atom. The molecular formula is C15H24ClN3O2. The summed E-state index contributed by atoms with van der Waals surface area (Å²) in [5.41, 5.74) is 0.483. The van der Waals surface area contributed by atoms with E-state index in [1.807, 2.05) is 11.0 Å². The zero-order valence-electron chi connectivity index (χ0n) is 12.5. The zero-order valence-corrected chi connectivity index (χ0v) is 13.3. The molecule has 0 spiro atoms.